The molecule has 0 radical (unpaired) electrons. The van der Waals surface area contributed by atoms with Crippen LogP contribution in [-0.2, 0) is 9.53 Å². The maximum atomic E-state index is 13.0. The second-order valence-corrected chi connectivity index (χ2v) is 7.89. The van der Waals surface area contributed by atoms with E-state index >= 15 is 0 Å². The zero-order valence-electron chi connectivity index (χ0n) is 17.0. The first kappa shape index (κ1) is 20.7. The Morgan fingerprint density at radius 2 is 2.00 bits per heavy atom. The number of benzene rings is 1. The van der Waals surface area contributed by atoms with E-state index in [1.165, 1.54) is 10.9 Å². The first-order valence-corrected chi connectivity index (χ1v) is 10.1. The lowest BCUT2D eigenvalue weighted by atomic mass is 10.1. The topological polar surface area (TPSA) is 90.3 Å². The van der Waals surface area contributed by atoms with Crippen LogP contribution in [0.15, 0.2) is 29.3 Å². The number of carbonyl (C=O) groups excluding carboxylic acids is 2. The van der Waals surface area contributed by atoms with Gasteiger partial charge >= 0.3 is 5.97 Å². The van der Waals surface area contributed by atoms with Gasteiger partial charge in [-0.1, -0.05) is 17.7 Å². The smallest absolute Gasteiger partial charge is 0.328 e. The van der Waals surface area contributed by atoms with E-state index in [0.717, 1.165) is 28.2 Å². The summed E-state index contributed by atoms with van der Waals surface area (Å²) >= 11 is 1.16. The summed E-state index contributed by atoms with van der Waals surface area (Å²) in [7, 11) is 0. The molecule has 0 saturated carbocycles. The molecule has 0 fully saturated rings. The number of hydrogen-bond donors (Lipinski definition) is 1. The van der Waals surface area contributed by atoms with Crippen LogP contribution in [0.2, 0.25) is 0 Å². The Bertz CT molecular complexity index is 1160. The summed E-state index contributed by atoms with van der Waals surface area (Å²) in [6, 6.07) is 4.98. The number of amides is 1. The minimum Gasteiger partial charge on any atom is -0.464 e. The third-order valence-corrected chi connectivity index (χ3v) is 5.96. The number of aromatic nitrogens is 2. The molecule has 7 nitrogen and oxygen atoms in total. The van der Waals surface area contributed by atoms with Crippen molar-refractivity contribution in [2.45, 2.75) is 40.7 Å². The number of aryl methyl sites for hydroxylation is 3. The highest BCUT2D eigenvalue weighted by atomic mass is 32.1. The van der Waals surface area contributed by atoms with Gasteiger partial charge < -0.3 is 10.1 Å². The number of ether oxygens (including phenoxy) is 1. The summed E-state index contributed by atoms with van der Waals surface area (Å²) in [5.74, 6) is -0.793. The van der Waals surface area contributed by atoms with Gasteiger partial charge in [0.2, 0.25) is 0 Å². The molecular weight excluding hydrogens is 390 g/mol. The van der Waals surface area contributed by atoms with E-state index in [9.17, 15) is 14.4 Å². The summed E-state index contributed by atoms with van der Waals surface area (Å²) in [5.41, 5.74) is 2.98. The molecule has 0 aliphatic rings. The Hall–Kier alpha value is -3.00. The van der Waals surface area contributed by atoms with E-state index in [-0.39, 0.29) is 18.1 Å². The summed E-state index contributed by atoms with van der Waals surface area (Å²) in [6.07, 6.45) is 1.33. The predicted octanol–water partition coefficient (Wildman–Crippen LogP) is 3.76. The molecule has 0 unspecified atom stereocenters. The van der Waals surface area contributed by atoms with Gasteiger partial charge in [-0.3, -0.25) is 14.2 Å². The van der Waals surface area contributed by atoms with Gasteiger partial charge in [0.25, 0.3) is 11.5 Å². The SMILES string of the molecule is CCOC(=O)[C@@H](C)n1cnc2sc(C(=O)Nc3ccc(C)cc3C)c(C)c2c1=O. The van der Waals surface area contributed by atoms with Crippen molar-refractivity contribution in [2.75, 3.05) is 11.9 Å². The van der Waals surface area contributed by atoms with Gasteiger partial charge in [0, 0.05) is 5.69 Å². The Morgan fingerprint density at radius 3 is 2.66 bits per heavy atom. The van der Waals surface area contributed by atoms with E-state index in [4.69, 9.17) is 4.74 Å². The molecule has 3 aromatic rings. The minimum absolute atomic E-state index is 0.230. The second-order valence-electron chi connectivity index (χ2n) is 6.89. The van der Waals surface area contributed by atoms with Gasteiger partial charge in [0.1, 0.15) is 10.9 Å². The number of carbonyl (C=O) groups is 2. The fourth-order valence-electron chi connectivity index (χ4n) is 3.14. The van der Waals surface area contributed by atoms with E-state index in [0.29, 0.717) is 20.7 Å². The van der Waals surface area contributed by atoms with E-state index in [1.807, 2.05) is 32.0 Å². The van der Waals surface area contributed by atoms with Crippen LogP contribution in [0.25, 0.3) is 10.2 Å². The molecule has 0 spiro atoms. The van der Waals surface area contributed by atoms with Crippen molar-refractivity contribution in [2.24, 2.45) is 0 Å². The van der Waals surface area contributed by atoms with Crippen LogP contribution in [0.1, 0.15) is 46.3 Å². The minimum atomic E-state index is -0.800. The van der Waals surface area contributed by atoms with Crippen LogP contribution in [0, 0.1) is 20.8 Å². The average Bonchev–Trinajstić information content (AvgIpc) is 3.01. The lowest BCUT2D eigenvalue weighted by Crippen LogP contribution is -2.29. The molecule has 1 N–H and O–H groups in total. The van der Waals surface area contributed by atoms with Crippen LogP contribution < -0.4 is 10.9 Å². The molecule has 0 bridgehead atoms. The Labute approximate surface area is 172 Å². The largest absolute Gasteiger partial charge is 0.464 e. The summed E-state index contributed by atoms with van der Waals surface area (Å²) in [5, 5.41) is 3.25. The predicted molar refractivity (Wildman–Crippen MR) is 114 cm³/mol. The van der Waals surface area contributed by atoms with Crippen molar-refractivity contribution in [3.8, 4) is 0 Å². The Kier molecular flexibility index (Phi) is 5.83. The number of anilines is 1. The molecule has 0 aliphatic heterocycles. The van der Waals surface area contributed by atoms with Gasteiger partial charge in [-0.25, -0.2) is 9.78 Å². The molecule has 152 valence electrons. The fourth-order valence-corrected chi connectivity index (χ4v) is 4.17. The van der Waals surface area contributed by atoms with Crippen LogP contribution >= 0.6 is 11.3 Å². The third-order valence-electron chi connectivity index (χ3n) is 4.76. The Morgan fingerprint density at radius 1 is 1.28 bits per heavy atom. The molecule has 0 aliphatic carbocycles. The van der Waals surface area contributed by atoms with Crippen LogP contribution in [-0.4, -0.2) is 28.0 Å². The number of hydrogen-bond acceptors (Lipinski definition) is 6. The van der Waals surface area contributed by atoms with Crippen molar-refractivity contribution >= 4 is 39.1 Å². The molecule has 1 aromatic carbocycles. The second kappa shape index (κ2) is 8.16. The van der Waals surface area contributed by atoms with E-state index in [2.05, 4.69) is 10.3 Å². The first-order valence-electron chi connectivity index (χ1n) is 9.30. The van der Waals surface area contributed by atoms with Gasteiger partial charge in [0.05, 0.1) is 23.2 Å². The van der Waals surface area contributed by atoms with Gasteiger partial charge in [0.15, 0.2) is 0 Å². The molecule has 2 heterocycles. The van der Waals surface area contributed by atoms with Crippen LogP contribution in [0.4, 0.5) is 5.69 Å². The highest BCUT2D eigenvalue weighted by Crippen LogP contribution is 2.28. The lowest BCUT2D eigenvalue weighted by Gasteiger charge is -2.13. The van der Waals surface area contributed by atoms with Crippen molar-refractivity contribution in [1.82, 2.24) is 9.55 Å². The van der Waals surface area contributed by atoms with E-state index < -0.39 is 12.0 Å². The number of nitrogens with one attached hydrogen (secondary N) is 1. The van der Waals surface area contributed by atoms with Crippen molar-refractivity contribution < 1.29 is 14.3 Å². The van der Waals surface area contributed by atoms with E-state index in [1.54, 1.807) is 20.8 Å². The average molecular weight is 413 g/mol. The zero-order chi connectivity index (χ0) is 21.3. The zero-order valence-corrected chi connectivity index (χ0v) is 17.8. The maximum Gasteiger partial charge on any atom is 0.328 e. The molecule has 0 saturated heterocycles. The monoisotopic (exact) mass is 413 g/mol. The standard InChI is InChI=1S/C21H23N3O4S/c1-6-28-21(27)14(5)24-10-22-19-16(20(24)26)13(4)17(29-19)18(25)23-15-8-7-11(2)9-12(15)3/h7-10,14H,6H2,1-5H3,(H,23,25)/t14-/m1/s1. The van der Waals surface area contributed by atoms with Gasteiger partial charge in [-0.15, -0.1) is 11.3 Å². The molecular formula is C21H23N3O4S. The van der Waals surface area contributed by atoms with Gasteiger partial charge in [-0.2, -0.15) is 0 Å². The number of esters is 1. The lowest BCUT2D eigenvalue weighted by molar-refractivity contribution is -0.146. The molecule has 8 heteroatoms. The number of rotatable bonds is 5. The molecule has 3 rings (SSSR count). The number of nitrogens with zero attached hydrogens (tertiary/aromatic N) is 2. The fraction of sp³-hybridized carbons (Fsp3) is 0.333. The normalized spacial score (nSPS) is 12.0. The van der Waals surface area contributed by atoms with Crippen LogP contribution in [0.3, 0.4) is 0 Å². The Balaban J connectivity index is 1.99. The molecule has 1 atom stereocenters. The quantitative estimate of drug-likeness (QED) is 0.643. The highest BCUT2D eigenvalue weighted by Gasteiger charge is 2.23. The van der Waals surface area contributed by atoms with Crippen molar-refractivity contribution in [3.05, 3.63) is 56.4 Å². The summed E-state index contributed by atoms with van der Waals surface area (Å²) in [4.78, 5) is 43.0. The molecule has 1 amide bonds. The number of thiophene rings is 1. The summed E-state index contributed by atoms with van der Waals surface area (Å²) in [6.45, 7) is 9.16. The number of fused-ring (bicyclic) bond motifs is 1. The van der Waals surface area contributed by atoms with Crippen LogP contribution in [0.5, 0.6) is 0 Å². The molecule has 29 heavy (non-hydrogen) atoms. The summed E-state index contributed by atoms with van der Waals surface area (Å²) < 4.78 is 6.24. The van der Waals surface area contributed by atoms with Crippen molar-refractivity contribution in [1.29, 1.82) is 0 Å². The molecule has 2 aromatic heterocycles. The third kappa shape index (κ3) is 3.93. The van der Waals surface area contributed by atoms with Crippen molar-refractivity contribution in [3.63, 3.8) is 0 Å². The highest BCUT2D eigenvalue weighted by molar-refractivity contribution is 7.20. The van der Waals surface area contributed by atoms with Gasteiger partial charge in [-0.05, 0) is 51.8 Å². The first-order chi connectivity index (χ1) is 13.7. The maximum absolute atomic E-state index is 13.0.